The fourth-order valence-corrected chi connectivity index (χ4v) is 2.29. The van der Waals surface area contributed by atoms with Crippen molar-refractivity contribution >= 4 is 17.2 Å². The summed E-state index contributed by atoms with van der Waals surface area (Å²) in [5, 5.41) is 20.6. The molecule has 96 valence electrons. The van der Waals surface area contributed by atoms with Crippen molar-refractivity contribution < 1.29 is 15.0 Å². The summed E-state index contributed by atoms with van der Waals surface area (Å²) in [5.41, 5.74) is 0. The van der Waals surface area contributed by atoms with Gasteiger partial charge in [0.05, 0.1) is 18.6 Å². The van der Waals surface area contributed by atoms with E-state index < -0.39 is 12.2 Å². The van der Waals surface area contributed by atoms with E-state index in [0.29, 0.717) is 6.42 Å². The zero-order valence-electron chi connectivity index (χ0n) is 10.2. The minimum Gasteiger partial charge on any atom is -0.392 e. The molecule has 0 saturated carbocycles. The molecule has 5 heteroatoms. The first-order chi connectivity index (χ1) is 7.99. The highest BCUT2D eigenvalue weighted by Gasteiger charge is 2.17. The lowest BCUT2D eigenvalue weighted by Gasteiger charge is -2.25. The minimum absolute atomic E-state index is 0.0609. The quantitative estimate of drug-likeness (QED) is 0.795. The summed E-state index contributed by atoms with van der Waals surface area (Å²) < 4.78 is 0. The van der Waals surface area contributed by atoms with Crippen LogP contribution in [0.25, 0.3) is 0 Å². The summed E-state index contributed by atoms with van der Waals surface area (Å²) in [4.78, 5) is 14.5. The zero-order valence-corrected chi connectivity index (χ0v) is 11.0. The summed E-state index contributed by atoms with van der Waals surface area (Å²) in [5.74, 6) is -0.0609. The molecule has 0 aliphatic rings. The van der Waals surface area contributed by atoms with E-state index in [1.165, 1.54) is 16.2 Å². The van der Waals surface area contributed by atoms with Gasteiger partial charge in [0.2, 0.25) is 5.91 Å². The normalized spacial score (nSPS) is 14.4. The van der Waals surface area contributed by atoms with Gasteiger partial charge in [-0.15, -0.1) is 11.3 Å². The van der Waals surface area contributed by atoms with Gasteiger partial charge in [-0.3, -0.25) is 4.79 Å². The van der Waals surface area contributed by atoms with E-state index in [2.05, 4.69) is 0 Å². The maximum Gasteiger partial charge on any atom is 0.228 e. The van der Waals surface area contributed by atoms with Crippen LogP contribution in [0.1, 0.15) is 18.7 Å². The van der Waals surface area contributed by atoms with E-state index in [-0.39, 0.29) is 19.0 Å². The molecule has 1 aromatic rings. The molecule has 0 radical (unpaired) electrons. The Morgan fingerprint density at radius 3 is 2.35 bits per heavy atom. The van der Waals surface area contributed by atoms with Crippen LogP contribution in [-0.4, -0.2) is 46.3 Å². The van der Waals surface area contributed by atoms with Gasteiger partial charge in [0.15, 0.2) is 0 Å². The second-order valence-electron chi connectivity index (χ2n) is 4.25. The van der Waals surface area contributed by atoms with Crippen molar-refractivity contribution in [3.63, 3.8) is 0 Å². The highest BCUT2D eigenvalue weighted by atomic mass is 32.1. The molecule has 2 unspecified atom stereocenters. The third-order valence-electron chi connectivity index (χ3n) is 2.23. The maximum atomic E-state index is 12.0. The van der Waals surface area contributed by atoms with Crippen LogP contribution < -0.4 is 0 Å². The third kappa shape index (κ3) is 5.30. The first-order valence-corrected chi connectivity index (χ1v) is 6.53. The predicted molar refractivity (Wildman–Crippen MR) is 68.0 cm³/mol. The Kier molecular flexibility index (Phi) is 5.61. The Hall–Kier alpha value is -0.910. The molecule has 0 saturated heterocycles. The van der Waals surface area contributed by atoms with Crippen LogP contribution >= 0.6 is 11.3 Å². The lowest BCUT2D eigenvalue weighted by molar-refractivity contribution is -0.133. The monoisotopic (exact) mass is 257 g/mol. The molecule has 2 N–H and O–H groups in total. The second kappa shape index (κ2) is 6.74. The highest BCUT2D eigenvalue weighted by Crippen LogP contribution is 2.11. The van der Waals surface area contributed by atoms with Gasteiger partial charge in [0, 0.05) is 18.0 Å². The molecule has 0 fully saturated rings. The average Bonchev–Trinajstić information content (AvgIpc) is 2.67. The van der Waals surface area contributed by atoms with Gasteiger partial charge in [0.25, 0.3) is 0 Å². The van der Waals surface area contributed by atoms with Crippen molar-refractivity contribution in [1.29, 1.82) is 0 Å². The van der Waals surface area contributed by atoms with E-state index in [4.69, 9.17) is 0 Å². The van der Waals surface area contributed by atoms with E-state index in [1.807, 2.05) is 17.5 Å². The van der Waals surface area contributed by atoms with E-state index in [9.17, 15) is 15.0 Å². The van der Waals surface area contributed by atoms with Crippen LogP contribution in [0, 0.1) is 0 Å². The van der Waals surface area contributed by atoms with Crippen LogP contribution in [0.15, 0.2) is 17.5 Å². The van der Waals surface area contributed by atoms with Crippen molar-refractivity contribution in [3.05, 3.63) is 22.4 Å². The molecular weight excluding hydrogens is 238 g/mol. The van der Waals surface area contributed by atoms with Gasteiger partial charge < -0.3 is 15.1 Å². The first kappa shape index (κ1) is 14.2. The molecular formula is C12H19NO3S. The number of thiophene rings is 1. The number of aliphatic hydroxyl groups is 2. The smallest absolute Gasteiger partial charge is 0.228 e. The number of nitrogens with zero attached hydrogens (tertiary/aromatic N) is 1. The first-order valence-electron chi connectivity index (χ1n) is 5.65. The molecule has 4 nitrogen and oxygen atoms in total. The van der Waals surface area contributed by atoms with Gasteiger partial charge in [-0.2, -0.15) is 0 Å². The van der Waals surface area contributed by atoms with Crippen molar-refractivity contribution in [3.8, 4) is 0 Å². The molecule has 0 aliphatic carbocycles. The Morgan fingerprint density at radius 2 is 1.94 bits per heavy atom. The third-order valence-corrected chi connectivity index (χ3v) is 3.10. The fourth-order valence-electron chi connectivity index (χ4n) is 1.59. The SMILES string of the molecule is CC(O)CN(CC(C)O)C(=O)Cc1cccs1. The molecule has 1 amide bonds. The van der Waals surface area contributed by atoms with E-state index >= 15 is 0 Å². The summed E-state index contributed by atoms with van der Waals surface area (Å²) >= 11 is 1.53. The van der Waals surface area contributed by atoms with Crippen molar-refractivity contribution in [2.24, 2.45) is 0 Å². The standard InChI is InChI=1S/C12H19NO3S/c1-9(14)7-13(8-10(2)15)12(16)6-11-4-3-5-17-11/h3-5,9-10,14-15H,6-8H2,1-2H3. The summed E-state index contributed by atoms with van der Waals surface area (Å²) in [6.45, 7) is 3.78. The fraction of sp³-hybridized carbons (Fsp3) is 0.583. The number of amides is 1. The molecule has 0 bridgehead atoms. The number of carbonyl (C=O) groups excluding carboxylic acids is 1. The molecule has 0 spiro atoms. The van der Waals surface area contributed by atoms with E-state index in [0.717, 1.165) is 4.88 Å². The maximum absolute atomic E-state index is 12.0. The van der Waals surface area contributed by atoms with Gasteiger partial charge in [0.1, 0.15) is 0 Å². The molecule has 2 atom stereocenters. The van der Waals surface area contributed by atoms with Gasteiger partial charge in [-0.1, -0.05) is 6.07 Å². The van der Waals surface area contributed by atoms with Gasteiger partial charge in [-0.05, 0) is 25.3 Å². The summed E-state index contributed by atoms with van der Waals surface area (Å²) in [6, 6.07) is 3.81. The molecule has 1 aromatic heterocycles. The minimum atomic E-state index is -0.582. The van der Waals surface area contributed by atoms with Crippen LogP contribution in [0.2, 0.25) is 0 Å². The average molecular weight is 257 g/mol. The predicted octanol–water partition coefficient (Wildman–Crippen LogP) is 0.881. The second-order valence-corrected chi connectivity index (χ2v) is 5.29. The number of hydrogen-bond donors (Lipinski definition) is 2. The Labute approximate surface area is 106 Å². The topological polar surface area (TPSA) is 60.8 Å². The summed E-state index contributed by atoms with van der Waals surface area (Å²) in [7, 11) is 0. The van der Waals surface area contributed by atoms with Crippen molar-refractivity contribution in [2.75, 3.05) is 13.1 Å². The van der Waals surface area contributed by atoms with Gasteiger partial charge in [-0.25, -0.2) is 0 Å². The van der Waals surface area contributed by atoms with Crippen molar-refractivity contribution in [2.45, 2.75) is 32.5 Å². The lowest BCUT2D eigenvalue weighted by atomic mass is 10.2. The summed E-state index contributed by atoms with van der Waals surface area (Å²) in [6.07, 6.45) is -0.834. The number of carbonyl (C=O) groups is 1. The largest absolute Gasteiger partial charge is 0.392 e. The molecule has 17 heavy (non-hydrogen) atoms. The molecule has 0 aliphatic heterocycles. The lowest BCUT2D eigenvalue weighted by Crippen LogP contribution is -2.41. The van der Waals surface area contributed by atoms with Crippen LogP contribution in [-0.2, 0) is 11.2 Å². The number of rotatable bonds is 6. The molecule has 0 aromatic carbocycles. The van der Waals surface area contributed by atoms with Crippen LogP contribution in [0.5, 0.6) is 0 Å². The van der Waals surface area contributed by atoms with E-state index in [1.54, 1.807) is 13.8 Å². The number of aliphatic hydroxyl groups excluding tert-OH is 2. The Balaban J connectivity index is 2.58. The van der Waals surface area contributed by atoms with Crippen molar-refractivity contribution in [1.82, 2.24) is 4.90 Å². The number of hydrogen-bond acceptors (Lipinski definition) is 4. The van der Waals surface area contributed by atoms with Crippen LogP contribution in [0.4, 0.5) is 0 Å². The molecule has 1 heterocycles. The highest BCUT2D eigenvalue weighted by molar-refractivity contribution is 7.10. The Morgan fingerprint density at radius 1 is 1.35 bits per heavy atom. The van der Waals surface area contributed by atoms with Gasteiger partial charge >= 0.3 is 0 Å². The zero-order chi connectivity index (χ0) is 12.8. The molecule has 1 rings (SSSR count). The van der Waals surface area contributed by atoms with Crippen LogP contribution in [0.3, 0.4) is 0 Å². The Bertz CT molecular complexity index is 326.